The molecule has 4 aliphatic rings. The zero-order valence-electron chi connectivity index (χ0n) is 25.1. The van der Waals surface area contributed by atoms with Gasteiger partial charge in [0.15, 0.2) is 11.4 Å². The molecule has 232 valence electrons. The molecule has 44 heavy (non-hydrogen) atoms. The van der Waals surface area contributed by atoms with Crippen LogP contribution in [0, 0.1) is 11.8 Å². The van der Waals surface area contributed by atoms with Crippen LogP contribution in [0.15, 0.2) is 47.2 Å². The number of ketones is 2. The van der Waals surface area contributed by atoms with Crippen LogP contribution in [0.2, 0.25) is 0 Å². The van der Waals surface area contributed by atoms with Gasteiger partial charge in [0.05, 0.1) is 18.7 Å². The quantitative estimate of drug-likeness (QED) is 0.305. The Morgan fingerprint density at radius 3 is 2.27 bits per heavy atom. The zero-order valence-corrected chi connectivity index (χ0v) is 25.1. The maximum atomic E-state index is 14.0. The van der Waals surface area contributed by atoms with Gasteiger partial charge in [0.2, 0.25) is 5.78 Å². The summed E-state index contributed by atoms with van der Waals surface area (Å²) in [6, 6.07) is 8.98. The van der Waals surface area contributed by atoms with Crippen molar-refractivity contribution in [3.8, 4) is 11.5 Å². The summed E-state index contributed by atoms with van der Waals surface area (Å²) in [5.41, 5.74) is 5.55. The van der Waals surface area contributed by atoms with E-state index < -0.39 is 58.0 Å². The highest BCUT2D eigenvalue weighted by molar-refractivity contribution is 6.24. The Bertz CT molecular complexity index is 1650. The van der Waals surface area contributed by atoms with Crippen LogP contribution in [0.4, 0.5) is 0 Å². The van der Waals surface area contributed by atoms with E-state index in [9.17, 15) is 34.8 Å². The molecule has 0 aliphatic heterocycles. The number of Topliss-reactive ketones (excluding diaryl/α,β-unsaturated/α-hetero) is 2. The Hall–Kier alpha value is -4.19. The first-order valence-electron chi connectivity index (χ1n) is 14.6. The SMILES string of the molecule is COc1c(CN(C)C2Cc3ccccc3C2)cc(O)c2c1C[C@H]1C[C@H]3[C@H](N(C)C)C(=O)C(C(N)=O)=C(O)[C@@]3(O)C(=O)C1=C2O. The molecule has 1 saturated carbocycles. The highest BCUT2D eigenvalue weighted by atomic mass is 16.5. The molecule has 0 heterocycles. The number of ether oxygens (including phenoxy) is 1. The van der Waals surface area contributed by atoms with E-state index in [1.165, 1.54) is 29.2 Å². The van der Waals surface area contributed by atoms with Crippen LogP contribution in [0.1, 0.15) is 34.2 Å². The number of primary amides is 1. The third kappa shape index (κ3) is 4.17. The first-order valence-corrected chi connectivity index (χ1v) is 14.6. The molecule has 11 heteroatoms. The molecule has 11 nitrogen and oxygen atoms in total. The minimum atomic E-state index is -2.67. The highest BCUT2D eigenvalue weighted by Crippen LogP contribution is 2.54. The summed E-state index contributed by atoms with van der Waals surface area (Å²) in [7, 11) is 6.67. The number of phenols is 1. The summed E-state index contributed by atoms with van der Waals surface area (Å²) in [5.74, 6) is -6.34. The second kappa shape index (κ2) is 10.5. The number of aliphatic hydroxyl groups is 3. The number of rotatable bonds is 6. The summed E-state index contributed by atoms with van der Waals surface area (Å²) in [6.07, 6.45) is 1.98. The Balaban J connectivity index is 1.41. The molecule has 4 atom stereocenters. The predicted octanol–water partition coefficient (Wildman–Crippen LogP) is 1.57. The van der Waals surface area contributed by atoms with Gasteiger partial charge in [-0.1, -0.05) is 24.3 Å². The van der Waals surface area contributed by atoms with E-state index in [-0.39, 0.29) is 35.8 Å². The Morgan fingerprint density at radius 1 is 1.07 bits per heavy atom. The van der Waals surface area contributed by atoms with Crippen LogP contribution in [0.3, 0.4) is 0 Å². The van der Waals surface area contributed by atoms with Crippen molar-refractivity contribution in [2.75, 3.05) is 28.3 Å². The van der Waals surface area contributed by atoms with E-state index in [0.29, 0.717) is 23.4 Å². The number of aromatic hydroxyl groups is 1. The molecule has 4 aliphatic carbocycles. The van der Waals surface area contributed by atoms with E-state index >= 15 is 0 Å². The van der Waals surface area contributed by atoms with Crippen molar-refractivity contribution in [1.29, 1.82) is 0 Å². The molecule has 1 fully saturated rings. The Morgan fingerprint density at radius 2 is 1.70 bits per heavy atom. The number of methoxy groups -OCH3 is 1. The first kappa shape index (κ1) is 29.9. The second-order valence-corrected chi connectivity index (χ2v) is 12.6. The van der Waals surface area contributed by atoms with Crippen LogP contribution < -0.4 is 10.5 Å². The van der Waals surface area contributed by atoms with Gasteiger partial charge in [0.1, 0.15) is 28.6 Å². The van der Waals surface area contributed by atoms with E-state index in [4.69, 9.17) is 10.5 Å². The first-order chi connectivity index (χ1) is 20.8. The zero-order chi connectivity index (χ0) is 31.8. The minimum absolute atomic E-state index is 0.0119. The number of fused-ring (bicyclic) bond motifs is 4. The number of phenolic OH excluding ortho intramolecular Hbond substituents is 1. The summed E-state index contributed by atoms with van der Waals surface area (Å²) in [4.78, 5) is 43.2. The fraction of sp³-hybridized carbons (Fsp3) is 0.424. The van der Waals surface area contributed by atoms with Crippen LogP contribution in [-0.2, 0) is 40.2 Å². The average Bonchev–Trinajstić information content (AvgIpc) is 3.39. The maximum absolute atomic E-state index is 14.0. The monoisotopic (exact) mass is 603 g/mol. The lowest BCUT2D eigenvalue weighted by molar-refractivity contribution is -0.153. The smallest absolute Gasteiger partial charge is 0.255 e. The largest absolute Gasteiger partial charge is 0.508 e. The molecule has 2 aromatic rings. The van der Waals surface area contributed by atoms with E-state index in [1.54, 1.807) is 14.1 Å². The number of hydrogen-bond donors (Lipinski definition) is 5. The molecule has 0 saturated heterocycles. The van der Waals surface area contributed by atoms with Crippen molar-refractivity contribution in [2.45, 2.75) is 49.9 Å². The molecule has 2 aromatic carbocycles. The normalized spacial score (nSPS) is 26.6. The highest BCUT2D eigenvalue weighted by Gasteiger charge is 2.64. The summed E-state index contributed by atoms with van der Waals surface area (Å²) >= 11 is 0. The van der Waals surface area contributed by atoms with Crippen molar-refractivity contribution in [2.24, 2.45) is 17.6 Å². The Kier molecular flexibility index (Phi) is 7.10. The molecule has 0 radical (unpaired) electrons. The van der Waals surface area contributed by atoms with Gasteiger partial charge in [-0.05, 0) is 69.9 Å². The lowest BCUT2D eigenvalue weighted by Gasteiger charge is -2.50. The molecule has 6 N–H and O–H groups in total. The number of nitrogens with two attached hydrogens (primary N) is 1. The van der Waals surface area contributed by atoms with Gasteiger partial charge in [-0.15, -0.1) is 0 Å². The molecule has 1 amide bonds. The van der Waals surface area contributed by atoms with Crippen molar-refractivity contribution in [3.63, 3.8) is 0 Å². The number of carbonyl (C=O) groups excluding carboxylic acids is 3. The van der Waals surface area contributed by atoms with Crippen LogP contribution in [0.25, 0.3) is 5.76 Å². The molecule has 0 spiro atoms. The van der Waals surface area contributed by atoms with E-state index in [2.05, 4.69) is 17.0 Å². The van der Waals surface area contributed by atoms with Gasteiger partial charge in [-0.2, -0.15) is 0 Å². The third-order valence-electron chi connectivity index (χ3n) is 10.0. The maximum Gasteiger partial charge on any atom is 0.255 e. The number of hydrogen-bond acceptors (Lipinski definition) is 10. The summed E-state index contributed by atoms with van der Waals surface area (Å²) in [5, 5.41) is 45.5. The number of likely N-dealkylation sites (N-methyl/N-ethyl adjacent to an activating group) is 2. The number of amides is 1. The minimum Gasteiger partial charge on any atom is -0.508 e. The molecule has 6 rings (SSSR count). The molecule has 0 aromatic heterocycles. The van der Waals surface area contributed by atoms with Gasteiger partial charge in [0.25, 0.3) is 5.91 Å². The number of nitrogens with zero attached hydrogens (tertiary/aromatic N) is 2. The Labute approximate surface area is 254 Å². The van der Waals surface area contributed by atoms with Crippen molar-refractivity contribution >= 4 is 23.2 Å². The fourth-order valence-corrected chi connectivity index (χ4v) is 7.97. The standard InChI is InChI=1S/C33H37N3O8/c1-35(2)26-21-12-17-11-20-24(27(38)23(17)30(40)33(21,43)31(41)25(28(26)39)32(34)42)22(37)13-18(29(20)44-4)14-36(3)19-9-15-7-5-6-8-16(15)10-19/h5-8,13,17,19,21,26,37-38,41,43H,9-12,14H2,1-4H3,(H2,34,42)/t17-,21-,26-,33-/m0/s1. The number of carbonyl (C=O) groups is 3. The van der Waals surface area contributed by atoms with Crippen LogP contribution in [-0.4, -0.2) is 93.6 Å². The average molecular weight is 604 g/mol. The summed E-state index contributed by atoms with van der Waals surface area (Å²) < 4.78 is 5.87. The van der Waals surface area contributed by atoms with E-state index in [0.717, 1.165) is 12.8 Å². The second-order valence-electron chi connectivity index (χ2n) is 12.6. The molecular formula is C33H37N3O8. The van der Waals surface area contributed by atoms with Crippen molar-refractivity contribution in [1.82, 2.24) is 9.80 Å². The topological polar surface area (TPSA) is 174 Å². The van der Waals surface area contributed by atoms with Gasteiger partial charge in [0, 0.05) is 35.2 Å². The van der Waals surface area contributed by atoms with E-state index in [1.807, 2.05) is 19.2 Å². The van der Waals surface area contributed by atoms with Crippen molar-refractivity contribution < 1.29 is 39.5 Å². The summed E-state index contributed by atoms with van der Waals surface area (Å²) in [6.45, 7) is 0.456. The third-order valence-corrected chi connectivity index (χ3v) is 10.0. The van der Waals surface area contributed by atoms with Crippen molar-refractivity contribution in [3.05, 3.63) is 75.1 Å². The predicted molar refractivity (Wildman–Crippen MR) is 160 cm³/mol. The molecular weight excluding hydrogens is 566 g/mol. The number of aliphatic hydroxyl groups excluding tert-OH is 2. The lowest BCUT2D eigenvalue weighted by Crippen LogP contribution is -2.65. The lowest BCUT2D eigenvalue weighted by atomic mass is 9.57. The molecule has 0 bridgehead atoms. The van der Waals surface area contributed by atoms with Gasteiger partial charge >= 0.3 is 0 Å². The van der Waals surface area contributed by atoms with Crippen LogP contribution in [0.5, 0.6) is 11.5 Å². The van der Waals surface area contributed by atoms with Gasteiger partial charge < -0.3 is 30.9 Å². The van der Waals surface area contributed by atoms with Crippen LogP contribution >= 0.6 is 0 Å². The molecule has 0 unspecified atom stereocenters. The fourth-order valence-electron chi connectivity index (χ4n) is 7.97. The van der Waals surface area contributed by atoms with Gasteiger partial charge in [-0.3, -0.25) is 24.2 Å². The van der Waals surface area contributed by atoms with Gasteiger partial charge in [-0.25, -0.2) is 0 Å². The number of benzene rings is 2.